The third-order valence-corrected chi connectivity index (χ3v) is 5.69. The van der Waals surface area contributed by atoms with Gasteiger partial charge in [-0.25, -0.2) is 0 Å². The summed E-state index contributed by atoms with van der Waals surface area (Å²) in [6.45, 7) is -1.25. The van der Waals surface area contributed by atoms with Crippen LogP contribution in [0.1, 0.15) is 0 Å². The lowest BCUT2D eigenvalue weighted by Crippen LogP contribution is -2.65. The fourth-order valence-corrected chi connectivity index (χ4v) is 3.68. The molecule has 0 saturated carbocycles. The van der Waals surface area contributed by atoms with Crippen LogP contribution in [0.25, 0.3) is 0 Å². The van der Waals surface area contributed by atoms with Crippen molar-refractivity contribution in [2.75, 3.05) is 18.5 Å². The van der Waals surface area contributed by atoms with Crippen LogP contribution in [-0.2, 0) is 14.2 Å². The Morgan fingerprint density at radius 2 is 1.43 bits per heavy atom. The van der Waals surface area contributed by atoms with E-state index in [1.54, 1.807) is 24.3 Å². The van der Waals surface area contributed by atoms with Crippen molar-refractivity contribution in [3.8, 4) is 0 Å². The number of rotatable bonds is 6. The van der Waals surface area contributed by atoms with E-state index in [-0.39, 0.29) is 0 Å². The molecule has 8 N–H and O–H groups in total. The summed E-state index contributed by atoms with van der Waals surface area (Å²) in [6, 6.07) is 6.97. The summed E-state index contributed by atoms with van der Waals surface area (Å²) < 4.78 is 17.3. The molecule has 0 spiro atoms. The molecule has 2 aliphatic rings. The topological polar surface area (TPSA) is 181 Å². The molecule has 30 heavy (non-hydrogen) atoms. The van der Waals surface area contributed by atoms with Crippen molar-refractivity contribution in [2.45, 2.75) is 61.3 Å². The van der Waals surface area contributed by atoms with Crippen molar-refractivity contribution < 1.29 is 50.0 Å². The van der Waals surface area contributed by atoms with Gasteiger partial charge in [0, 0.05) is 10.2 Å². The molecule has 0 radical (unpaired) electrons. The maximum absolute atomic E-state index is 10.6. The lowest BCUT2D eigenvalue weighted by atomic mass is 9.96. The van der Waals surface area contributed by atoms with Gasteiger partial charge in [-0.05, 0) is 24.3 Å². The van der Waals surface area contributed by atoms with Gasteiger partial charge in [0.2, 0.25) is 0 Å². The Kier molecular flexibility index (Phi) is 8.03. The minimum absolute atomic E-state index is 0.593. The third kappa shape index (κ3) is 4.95. The number of ether oxygens (including phenoxy) is 3. The number of aliphatic hydroxyl groups is 7. The number of anilines is 1. The molecule has 1 aromatic rings. The lowest BCUT2D eigenvalue weighted by molar-refractivity contribution is -0.340. The average molecular weight is 496 g/mol. The van der Waals surface area contributed by atoms with Crippen LogP contribution in [0.4, 0.5) is 5.69 Å². The number of nitrogens with one attached hydrogen (secondary N) is 1. The van der Waals surface area contributed by atoms with Gasteiger partial charge in [-0.15, -0.1) is 0 Å². The molecule has 2 heterocycles. The smallest absolute Gasteiger partial charge is 0.187 e. The van der Waals surface area contributed by atoms with Gasteiger partial charge in [0.25, 0.3) is 0 Å². The molecule has 1 unspecified atom stereocenters. The van der Waals surface area contributed by atoms with Crippen molar-refractivity contribution in [3.05, 3.63) is 28.7 Å². The van der Waals surface area contributed by atoms with Gasteiger partial charge < -0.3 is 55.3 Å². The lowest BCUT2D eigenvalue weighted by Gasteiger charge is -2.46. The molecule has 0 bridgehead atoms. The van der Waals surface area contributed by atoms with Gasteiger partial charge in [0.15, 0.2) is 12.5 Å². The molecule has 3 rings (SSSR count). The first-order chi connectivity index (χ1) is 14.3. The fraction of sp³-hybridized carbons (Fsp3) is 0.667. The molecule has 2 fully saturated rings. The standard InChI is InChI=1S/C18H26BrNO10/c19-7-1-3-8(4-2-7)20-17-14(26)13(25)16(10(6-22)28-17)30-18-15(27)12(24)11(23)9(5-21)29-18/h1-4,9-18,20-27H,5-6H2/t9-,10-,11+,12+,13-,14-,15-,16-,17?,18+/m1/s1. The Morgan fingerprint density at radius 3 is 2.03 bits per heavy atom. The zero-order chi connectivity index (χ0) is 22.0. The number of aliphatic hydroxyl groups excluding tert-OH is 7. The first-order valence-electron chi connectivity index (χ1n) is 9.37. The summed E-state index contributed by atoms with van der Waals surface area (Å²) in [5, 5.41) is 72.8. The van der Waals surface area contributed by atoms with Gasteiger partial charge in [0.05, 0.1) is 13.2 Å². The van der Waals surface area contributed by atoms with Crippen LogP contribution in [0.2, 0.25) is 0 Å². The number of hydrogen-bond donors (Lipinski definition) is 8. The Morgan fingerprint density at radius 1 is 0.800 bits per heavy atom. The van der Waals surface area contributed by atoms with Gasteiger partial charge in [-0.2, -0.15) is 0 Å². The summed E-state index contributed by atoms with van der Waals surface area (Å²) >= 11 is 3.31. The quantitative estimate of drug-likeness (QED) is 0.208. The van der Waals surface area contributed by atoms with Crippen molar-refractivity contribution >= 4 is 21.6 Å². The van der Waals surface area contributed by atoms with Crippen LogP contribution in [0.15, 0.2) is 28.7 Å². The maximum Gasteiger partial charge on any atom is 0.187 e. The largest absolute Gasteiger partial charge is 0.394 e. The SMILES string of the molecule is OC[C@H]1O[C@@H](O[C@H]2[C@H](O)[C@@H](O)C(Nc3ccc(Br)cc3)O[C@@H]2CO)[C@H](O)[C@@H](O)[C@H]1O. The maximum atomic E-state index is 10.6. The molecular formula is C18H26BrNO10. The second-order valence-electron chi connectivity index (χ2n) is 7.21. The van der Waals surface area contributed by atoms with E-state index < -0.39 is 74.6 Å². The second kappa shape index (κ2) is 10.1. The predicted molar refractivity (Wildman–Crippen MR) is 104 cm³/mol. The van der Waals surface area contributed by atoms with Gasteiger partial charge in [0.1, 0.15) is 48.8 Å². The van der Waals surface area contributed by atoms with Crippen LogP contribution in [0, 0.1) is 0 Å². The van der Waals surface area contributed by atoms with Gasteiger partial charge >= 0.3 is 0 Å². The van der Waals surface area contributed by atoms with E-state index in [4.69, 9.17) is 14.2 Å². The van der Waals surface area contributed by atoms with Crippen LogP contribution < -0.4 is 5.32 Å². The van der Waals surface area contributed by atoms with E-state index in [0.29, 0.717) is 5.69 Å². The van der Waals surface area contributed by atoms with Crippen LogP contribution in [-0.4, -0.2) is 110 Å². The fourth-order valence-electron chi connectivity index (χ4n) is 3.42. The Bertz CT molecular complexity index is 677. The zero-order valence-electron chi connectivity index (χ0n) is 15.7. The minimum atomic E-state index is -1.70. The molecule has 1 aromatic carbocycles. The highest BCUT2D eigenvalue weighted by Crippen LogP contribution is 2.29. The molecule has 11 nitrogen and oxygen atoms in total. The molecule has 170 valence electrons. The predicted octanol–water partition coefficient (Wildman–Crippen LogP) is -2.51. The highest BCUT2D eigenvalue weighted by molar-refractivity contribution is 9.10. The summed E-state index contributed by atoms with van der Waals surface area (Å²) in [6.07, 6.45) is -14.3. The molecule has 12 heteroatoms. The highest BCUT2D eigenvalue weighted by Gasteiger charge is 2.50. The van der Waals surface area contributed by atoms with E-state index in [2.05, 4.69) is 21.2 Å². The number of hydrogen-bond acceptors (Lipinski definition) is 11. The minimum Gasteiger partial charge on any atom is -0.394 e. The Balaban J connectivity index is 1.71. The van der Waals surface area contributed by atoms with Crippen molar-refractivity contribution in [3.63, 3.8) is 0 Å². The molecule has 0 aliphatic carbocycles. The van der Waals surface area contributed by atoms with E-state index in [1.807, 2.05) is 0 Å². The third-order valence-electron chi connectivity index (χ3n) is 5.16. The van der Waals surface area contributed by atoms with Crippen LogP contribution in [0.3, 0.4) is 0 Å². The first kappa shape index (κ1) is 23.8. The highest BCUT2D eigenvalue weighted by atomic mass is 79.9. The van der Waals surface area contributed by atoms with E-state index in [0.717, 1.165) is 4.47 Å². The Hall–Kier alpha value is -0.900. The van der Waals surface area contributed by atoms with E-state index in [9.17, 15) is 35.7 Å². The summed E-state index contributed by atoms with van der Waals surface area (Å²) in [7, 11) is 0. The van der Waals surface area contributed by atoms with Gasteiger partial charge in [-0.1, -0.05) is 15.9 Å². The van der Waals surface area contributed by atoms with Crippen molar-refractivity contribution in [1.29, 1.82) is 0 Å². The van der Waals surface area contributed by atoms with Gasteiger partial charge in [-0.3, -0.25) is 0 Å². The molecule has 10 atom stereocenters. The molecule has 0 aromatic heterocycles. The second-order valence-corrected chi connectivity index (χ2v) is 8.12. The molecular weight excluding hydrogens is 470 g/mol. The Labute approximate surface area is 180 Å². The van der Waals surface area contributed by atoms with Crippen LogP contribution >= 0.6 is 15.9 Å². The van der Waals surface area contributed by atoms with Crippen LogP contribution in [0.5, 0.6) is 0 Å². The molecule has 2 saturated heterocycles. The number of halogens is 1. The summed E-state index contributed by atoms with van der Waals surface area (Å²) in [5.74, 6) is 0. The summed E-state index contributed by atoms with van der Waals surface area (Å²) in [4.78, 5) is 0. The first-order valence-corrected chi connectivity index (χ1v) is 10.2. The van der Waals surface area contributed by atoms with E-state index >= 15 is 0 Å². The average Bonchev–Trinajstić information content (AvgIpc) is 2.74. The van der Waals surface area contributed by atoms with Crippen molar-refractivity contribution in [1.82, 2.24) is 0 Å². The zero-order valence-corrected chi connectivity index (χ0v) is 17.3. The normalized spacial score (nSPS) is 42.1. The van der Waals surface area contributed by atoms with Crippen molar-refractivity contribution in [2.24, 2.45) is 0 Å². The summed E-state index contributed by atoms with van der Waals surface area (Å²) in [5.41, 5.74) is 0.597. The molecule has 2 aliphatic heterocycles. The number of benzene rings is 1. The van der Waals surface area contributed by atoms with E-state index in [1.165, 1.54) is 0 Å². The monoisotopic (exact) mass is 495 g/mol. The molecule has 0 amide bonds.